The van der Waals surface area contributed by atoms with Crippen molar-refractivity contribution in [3.8, 4) is 0 Å². The number of benzene rings is 1. The molecule has 0 bridgehead atoms. The Morgan fingerprint density at radius 1 is 1.18 bits per heavy atom. The normalized spacial score (nSPS) is 19.3. The van der Waals surface area contributed by atoms with Gasteiger partial charge in [0.2, 0.25) is 5.91 Å². The van der Waals surface area contributed by atoms with Crippen LogP contribution in [0.5, 0.6) is 0 Å². The zero-order valence-electron chi connectivity index (χ0n) is 20.2. The number of rotatable bonds is 9. The maximum atomic E-state index is 12.9. The van der Waals surface area contributed by atoms with E-state index in [0.29, 0.717) is 18.8 Å². The van der Waals surface area contributed by atoms with Gasteiger partial charge >= 0.3 is 5.97 Å². The molecular weight excluding hydrogens is 438 g/mol. The predicted octanol–water partition coefficient (Wildman–Crippen LogP) is 1.74. The monoisotopic (exact) mass is 471 g/mol. The second-order valence-corrected chi connectivity index (χ2v) is 8.85. The molecule has 3 amide bonds. The van der Waals surface area contributed by atoms with E-state index >= 15 is 0 Å². The molecule has 10 nitrogen and oxygen atoms in total. The van der Waals surface area contributed by atoms with Gasteiger partial charge in [-0.3, -0.25) is 39.3 Å². The summed E-state index contributed by atoms with van der Waals surface area (Å²) in [5.41, 5.74) is 6.56. The number of imide groups is 1. The van der Waals surface area contributed by atoms with Crippen LogP contribution in [0, 0.1) is 11.3 Å². The summed E-state index contributed by atoms with van der Waals surface area (Å²) in [5.74, 6) is -1.81. The predicted molar refractivity (Wildman–Crippen MR) is 126 cm³/mol. The number of anilines is 1. The molecule has 1 unspecified atom stereocenters. The second kappa shape index (κ2) is 10.3. The van der Waals surface area contributed by atoms with E-state index in [2.05, 4.69) is 0 Å². The molecule has 34 heavy (non-hydrogen) atoms. The highest BCUT2D eigenvalue weighted by Crippen LogP contribution is 2.30. The van der Waals surface area contributed by atoms with Gasteiger partial charge in [0.25, 0.3) is 11.8 Å². The van der Waals surface area contributed by atoms with Gasteiger partial charge < -0.3 is 10.5 Å². The summed E-state index contributed by atoms with van der Waals surface area (Å²) in [4.78, 5) is 55.4. The number of nitrogens with two attached hydrogens (primary N) is 1. The molecule has 0 saturated carbocycles. The van der Waals surface area contributed by atoms with Gasteiger partial charge in [0.05, 0.1) is 23.7 Å². The summed E-state index contributed by atoms with van der Waals surface area (Å²) in [6, 6.07) is 3.23. The molecule has 0 radical (unpaired) electrons. The van der Waals surface area contributed by atoms with Gasteiger partial charge in [0.1, 0.15) is 18.5 Å². The fourth-order valence-corrected chi connectivity index (χ4v) is 4.69. The number of ether oxygens (including phenoxy) is 1. The van der Waals surface area contributed by atoms with Crippen molar-refractivity contribution in [3.05, 3.63) is 29.3 Å². The van der Waals surface area contributed by atoms with E-state index in [1.54, 1.807) is 6.07 Å². The molecule has 1 fully saturated rings. The summed E-state index contributed by atoms with van der Waals surface area (Å²) < 4.78 is 5.48. The number of likely N-dealkylation sites (N-methyl/N-ethyl adjacent to an activating group) is 1. The van der Waals surface area contributed by atoms with Crippen LogP contribution in [0.3, 0.4) is 0 Å². The minimum Gasteiger partial charge on any atom is -0.463 e. The Labute approximate surface area is 199 Å². The number of amidine groups is 1. The zero-order valence-corrected chi connectivity index (χ0v) is 20.2. The number of hydrogen-bond donors (Lipinski definition) is 2. The molecular formula is C24H33N5O5. The average Bonchev–Trinajstić information content (AvgIpc) is 3.03. The zero-order chi connectivity index (χ0) is 25.2. The fourth-order valence-electron chi connectivity index (χ4n) is 4.69. The minimum atomic E-state index is -0.874. The lowest BCUT2D eigenvalue weighted by Gasteiger charge is -2.37. The molecule has 2 heterocycles. The molecule has 0 aromatic heterocycles. The number of carbonyl (C=O) groups excluding carboxylic acids is 4. The van der Waals surface area contributed by atoms with Crippen LogP contribution in [0.2, 0.25) is 0 Å². The first-order valence-corrected chi connectivity index (χ1v) is 11.7. The summed E-state index contributed by atoms with van der Waals surface area (Å²) in [6.45, 7) is 9.18. The fraction of sp³-hybridized carbons (Fsp3) is 0.542. The van der Waals surface area contributed by atoms with E-state index in [-0.39, 0.29) is 60.8 Å². The van der Waals surface area contributed by atoms with Crippen LogP contribution < -0.4 is 5.73 Å². The van der Waals surface area contributed by atoms with E-state index in [1.807, 2.05) is 32.6 Å². The number of amides is 3. The summed E-state index contributed by atoms with van der Waals surface area (Å²) in [6.07, 6.45) is 0.247. The van der Waals surface area contributed by atoms with E-state index in [1.165, 1.54) is 17.0 Å². The number of esters is 1. The first kappa shape index (κ1) is 25.4. The first-order valence-electron chi connectivity index (χ1n) is 11.7. The maximum Gasteiger partial charge on any atom is 0.323 e. The summed E-state index contributed by atoms with van der Waals surface area (Å²) in [5, 5.41) is 8.58. The van der Waals surface area contributed by atoms with Crippen molar-refractivity contribution in [1.29, 1.82) is 5.41 Å². The number of nitrogen functional groups attached to an aromatic ring is 1. The molecule has 2 aliphatic rings. The quantitative estimate of drug-likeness (QED) is 0.318. The van der Waals surface area contributed by atoms with Gasteiger partial charge in [0, 0.05) is 12.1 Å². The Bertz CT molecular complexity index is 1000. The highest BCUT2D eigenvalue weighted by molar-refractivity contribution is 6.23. The lowest BCUT2D eigenvalue weighted by atomic mass is 10.0. The Morgan fingerprint density at radius 2 is 1.82 bits per heavy atom. The molecule has 184 valence electrons. The Morgan fingerprint density at radius 3 is 2.44 bits per heavy atom. The van der Waals surface area contributed by atoms with Gasteiger partial charge in [-0.05, 0) is 43.6 Å². The van der Waals surface area contributed by atoms with E-state index in [0.717, 1.165) is 4.90 Å². The molecule has 2 atom stereocenters. The first-order chi connectivity index (χ1) is 16.1. The number of piperidine rings is 1. The lowest BCUT2D eigenvalue weighted by Crippen LogP contribution is -2.56. The smallest absolute Gasteiger partial charge is 0.323 e. The lowest BCUT2D eigenvalue weighted by molar-refractivity contribution is -0.152. The van der Waals surface area contributed by atoms with Crippen LogP contribution in [0.15, 0.2) is 18.2 Å². The molecule has 1 saturated heterocycles. The van der Waals surface area contributed by atoms with Crippen LogP contribution in [0.1, 0.15) is 61.3 Å². The SMILES string of the molecule is CCN(CC)[C@H](C(=O)OCCN1C(=N)C(N2C(=O)c3ccc(N)cc3C2=O)CCC1=O)C(C)C. The van der Waals surface area contributed by atoms with Crippen molar-refractivity contribution in [2.45, 2.75) is 52.6 Å². The number of carbonyl (C=O) groups is 4. The molecule has 10 heteroatoms. The van der Waals surface area contributed by atoms with Crippen molar-refractivity contribution < 1.29 is 23.9 Å². The van der Waals surface area contributed by atoms with E-state index < -0.39 is 23.9 Å². The third-order valence-corrected chi connectivity index (χ3v) is 6.43. The Kier molecular flexibility index (Phi) is 7.71. The van der Waals surface area contributed by atoms with Crippen LogP contribution in [0.25, 0.3) is 0 Å². The standard InChI is InChI=1S/C24H33N5O5/c1-5-27(6-2)20(14(3)4)24(33)34-12-11-28-19(30)10-9-18(21(28)26)29-22(31)16-8-7-15(25)13-17(16)23(29)32/h7-8,13-14,18,20,26H,5-6,9-12,25H2,1-4H3/t18?,20-/m0/s1. The average molecular weight is 472 g/mol. The minimum absolute atomic E-state index is 0.0148. The number of hydrogen-bond acceptors (Lipinski definition) is 8. The highest BCUT2D eigenvalue weighted by atomic mass is 16.5. The topological polar surface area (TPSA) is 137 Å². The summed E-state index contributed by atoms with van der Waals surface area (Å²) >= 11 is 0. The van der Waals surface area contributed by atoms with Crippen molar-refractivity contribution in [2.75, 3.05) is 32.0 Å². The van der Waals surface area contributed by atoms with Crippen molar-refractivity contribution >= 4 is 35.2 Å². The highest BCUT2D eigenvalue weighted by Gasteiger charge is 2.45. The third-order valence-electron chi connectivity index (χ3n) is 6.43. The molecule has 3 rings (SSSR count). The number of fused-ring (bicyclic) bond motifs is 1. The summed E-state index contributed by atoms with van der Waals surface area (Å²) in [7, 11) is 0. The largest absolute Gasteiger partial charge is 0.463 e. The third kappa shape index (κ3) is 4.68. The van der Waals surface area contributed by atoms with Gasteiger partial charge in [-0.15, -0.1) is 0 Å². The number of nitrogens with zero attached hydrogens (tertiary/aromatic N) is 3. The van der Waals surface area contributed by atoms with Gasteiger partial charge in [0.15, 0.2) is 0 Å². The molecule has 3 N–H and O–H groups in total. The van der Waals surface area contributed by atoms with Crippen LogP contribution in [0.4, 0.5) is 5.69 Å². The Hall–Kier alpha value is -3.27. The Balaban J connectivity index is 1.68. The van der Waals surface area contributed by atoms with Crippen molar-refractivity contribution in [2.24, 2.45) is 5.92 Å². The van der Waals surface area contributed by atoms with Crippen molar-refractivity contribution in [3.63, 3.8) is 0 Å². The molecule has 0 aliphatic carbocycles. The second-order valence-electron chi connectivity index (χ2n) is 8.85. The van der Waals surface area contributed by atoms with Crippen LogP contribution in [-0.2, 0) is 14.3 Å². The molecule has 2 aliphatic heterocycles. The molecule has 1 aromatic carbocycles. The van der Waals surface area contributed by atoms with Crippen LogP contribution >= 0.6 is 0 Å². The van der Waals surface area contributed by atoms with Gasteiger partial charge in [-0.25, -0.2) is 0 Å². The molecule has 1 aromatic rings. The maximum absolute atomic E-state index is 12.9. The van der Waals surface area contributed by atoms with Crippen molar-refractivity contribution in [1.82, 2.24) is 14.7 Å². The number of nitrogens with one attached hydrogen (secondary N) is 1. The van der Waals surface area contributed by atoms with E-state index in [4.69, 9.17) is 15.9 Å². The van der Waals surface area contributed by atoms with Gasteiger partial charge in [-0.2, -0.15) is 0 Å². The van der Waals surface area contributed by atoms with Crippen LogP contribution in [-0.4, -0.2) is 82.6 Å². The molecule has 0 spiro atoms. The number of likely N-dealkylation sites (tertiary alicyclic amines) is 1. The van der Waals surface area contributed by atoms with Gasteiger partial charge in [-0.1, -0.05) is 27.7 Å². The van der Waals surface area contributed by atoms with E-state index in [9.17, 15) is 19.2 Å².